The van der Waals surface area contributed by atoms with Gasteiger partial charge in [0.15, 0.2) is 0 Å². The second kappa shape index (κ2) is 4.72. The first-order valence-corrected chi connectivity index (χ1v) is 8.08. The van der Waals surface area contributed by atoms with Crippen LogP contribution in [0.4, 0.5) is 0 Å². The van der Waals surface area contributed by atoms with Crippen LogP contribution >= 0.6 is 23.4 Å². The number of hydrogen-bond donors (Lipinski definition) is 1. The monoisotopic (exact) mass is 293 g/mol. The molecule has 5 nitrogen and oxygen atoms in total. The second-order valence-electron chi connectivity index (χ2n) is 3.90. The zero-order valence-corrected chi connectivity index (χ0v) is 11.6. The van der Waals surface area contributed by atoms with Crippen LogP contribution in [0.25, 0.3) is 0 Å². The summed E-state index contributed by atoms with van der Waals surface area (Å²) in [5.41, 5.74) is 0. The molecule has 1 aliphatic rings. The van der Waals surface area contributed by atoms with Crippen molar-refractivity contribution in [2.75, 3.05) is 12.8 Å². The van der Waals surface area contributed by atoms with Crippen molar-refractivity contribution in [3.05, 3.63) is 17.7 Å². The van der Waals surface area contributed by atoms with Crippen molar-refractivity contribution in [2.45, 2.75) is 22.5 Å². The molecule has 1 N–H and O–H groups in total. The Hall–Kier alpha value is -0.370. The minimum atomic E-state index is -3.53. The highest BCUT2D eigenvalue weighted by molar-refractivity contribution is 8.00. The van der Waals surface area contributed by atoms with Gasteiger partial charge in [-0.15, -0.1) is 0 Å². The van der Waals surface area contributed by atoms with Crippen LogP contribution in [0.3, 0.4) is 0 Å². The van der Waals surface area contributed by atoms with Crippen molar-refractivity contribution in [3.63, 3.8) is 0 Å². The minimum absolute atomic E-state index is 0.0340. The van der Waals surface area contributed by atoms with Crippen LogP contribution in [0.2, 0.25) is 5.28 Å². The number of aromatic nitrogens is 2. The summed E-state index contributed by atoms with van der Waals surface area (Å²) in [4.78, 5) is 7.35. The predicted octanol–water partition coefficient (Wildman–Crippen LogP) is 1.30. The molecule has 0 bridgehead atoms. The van der Waals surface area contributed by atoms with E-state index in [-0.39, 0.29) is 14.9 Å². The number of halogens is 1. The summed E-state index contributed by atoms with van der Waals surface area (Å²) in [6, 6.07) is 0. The van der Waals surface area contributed by atoms with E-state index in [0.29, 0.717) is 6.54 Å². The molecule has 0 atom stereocenters. The molecule has 1 aromatic rings. The zero-order valence-electron chi connectivity index (χ0n) is 9.18. The first-order chi connectivity index (χ1) is 7.97. The first-order valence-electron chi connectivity index (χ1n) is 5.00. The molecule has 8 heteroatoms. The number of sulfonamides is 1. The summed E-state index contributed by atoms with van der Waals surface area (Å²) in [5.74, 6) is 0. The van der Waals surface area contributed by atoms with Crippen molar-refractivity contribution in [3.8, 4) is 0 Å². The first kappa shape index (κ1) is 13.1. The van der Waals surface area contributed by atoms with Gasteiger partial charge < -0.3 is 0 Å². The van der Waals surface area contributed by atoms with Crippen LogP contribution in [0.1, 0.15) is 12.8 Å². The lowest BCUT2D eigenvalue weighted by molar-refractivity contribution is 0.579. The van der Waals surface area contributed by atoms with Crippen LogP contribution in [-0.2, 0) is 10.0 Å². The largest absolute Gasteiger partial charge is 0.243 e. The highest BCUT2D eigenvalue weighted by Crippen LogP contribution is 2.46. The quantitative estimate of drug-likeness (QED) is 0.829. The fraction of sp³-hybridized carbons (Fsp3) is 0.556. The molecule has 1 aromatic heterocycles. The Balaban J connectivity index is 2.06. The van der Waals surface area contributed by atoms with E-state index in [4.69, 9.17) is 11.6 Å². The Morgan fingerprint density at radius 3 is 2.53 bits per heavy atom. The molecule has 0 saturated heterocycles. The Morgan fingerprint density at radius 1 is 1.47 bits per heavy atom. The summed E-state index contributed by atoms with van der Waals surface area (Å²) in [5, 5.41) is 0.0340. The lowest BCUT2D eigenvalue weighted by Crippen LogP contribution is -2.31. The molecule has 0 aliphatic heterocycles. The van der Waals surface area contributed by atoms with Gasteiger partial charge in [0, 0.05) is 11.3 Å². The van der Waals surface area contributed by atoms with E-state index in [2.05, 4.69) is 14.7 Å². The Morgan fingerprint density at radius 2 is 2.06 bits per heavy atom. The number of nitrogens with zero attached hydrogens (tertiary/aromatic N) is 2. The number of rotatable bonds is 5. The van der Waals surface area contributed by atoms with Gasteiger partial charge >= 0.3 is 0 Å². The fourth-order valence-electron chi connectivity index (χ4n) is 1.34. The average Bonchev–Trinajstić information content (AvgIpc) is 3.08. The lowest BCUT2D eigenvalue weighted by atomic mass is 10.4. The molecule has 1 aliphatic carbocycles. The summed E-state index contributed by atoms with van der Waals surface area (Å²) >= 11 is 7.20. The van der Waals surface area contributed by atoms with Crippen LogP contribution in [0.5, 0.6) is 0 Å². The van der Waals surface area contributed by atoms with Gasteiger partial charge in [0.1, 0.15) is 4.90 Å². The molecule has 17 heavy (non-hydrogen) atoms. The van der Waals surface area contributed by atoms with Gasteiger partial charge in [-0.05, 0) is 30.7 Å². The number of nitrogens with one attached hydrogen (secondary N) is 1. The average molecular weight is 294 g/mol. The maximum Gasteiger partial charge on any atom is 0.243 e. The van der Waals surface area contributed by atoms with Crippen molar-refractivity contribution in [1.29, 1.82) is 0 Å². The molecule has 2 rings (SSSR count). The van der Waals surface area contributed by atoms with Gasteiger partial charge in [-0.1, -0.05) is 0 Å². The van der Waals surface area contributed by atoms with Gasteiger partial charge in [0.2, 0.25) is 15.3 Å². The van der Waals surface area contributed by atoms with Gasteiger partial charge in [0.25, 0.3) is 0 Å². The molecule has 1 heterocycles. The lowest BCUT2D eigenvalue weighted by Gasteiger charge is -2.12. The molecule has 94 valence electrons. The van der Waals surface area contributed by atoms with Gasteiger partial charge in [-0.2, -0.15) is 11.8 Å². The van der Waals surface area contributed by atoms with Crippen LogP contribution in [-0.4, -0.2) is 35.9 Å². The van der Waals surface area contributed by atoms with E-state index in [1.807, 2.05) is 6.26 Å². The van der Waals surface area contributed by atoms with E-state index in [0.717, 1.165) is 12.8 Å². The van der Waals surface area contributed by atoms with Crippen LogP contribution in [0.15, 0.2) is 17.3 Å². The maximum atomic E-state index is 11.9. The van der Waals surface area contributed by atoms with E-state index < -0.39 is 10.0 Å². The number of hydrogen-bond acceptors (Lipinski definition) is 5. The minimum Gasteiger partial charge on any atom is -0.225 e. The SMILES string of the molecule is CSC1(CNS(=O)(=O)c2cnc(Cl)nc2)CC1. The third-order valence-corrected chi connectivity index (χ3v) is 5.70. The predicted molar refractivity (Wildman–Crippen MR) is 67.7 cm³/mol. The normalized spacial score (nSPS) is 18.0. The molecular weight excluding hydrogens is 282 g/mol. The summed E-state index contributed by atoms with van der Waals surface area (Å²) in [7, 11) is -3.53. The molecule has 0 unspecified atom stereocenters. The molecule has 0 aromatic carbocycles. The van der Waals surface area contributed by atoms with E-state index in [1.165, 1.54) is 12.4 Å². The third kappa shape index (κ3) is 3.09. The molecule has 1 fully saturated rings. The van der Waals surface area contributed by atoms with Crippen LogP contribution in [0, 0.1) is 0 Å². The molecule has 0 radical (unpaired) electrons. The van der Waals surface area contributed by atoms with E-state index in [9.17, 15) is 8.42 Å². The van der Waals surface area contributed by atoms with Gasteiger partial charge in [-0.3, -0.25) is 0 Å². The van der Waals surface area contributed by atoms with Gasteiger partial charge in [0.05, 0.1) is 12.4 Å². The maximum absolute atomic E-state index is 11.9. The molecule has 0 amide bonds. The number of thioether (sulfide) groups is 1. The summed E-state index contributed by atoms with van der Waals surface area (Å²) in [6.07, 6.45) is 6.50. The fourth-order valence-corrected chi connectivity index (χ4v) is 3.27. The third-order valence-electron chi connectivity index (χ3n) is 2.73. The van der Waals surface area contributed by atoms with Crippen molar-refractivity contribution < 1.29 is 8.42 Å². The van der Waals surface area contributed by atoms with Gasteiger partial charge in [-0.25, -0.2) is 23.1 Å². The highest BCUT2D eigenvalue weighted by atomic mass is 35.5. The van der Waals surface area contributed by atoms with E-state index >= 15 is 0 Å². The highest BCUT2D eigenvalue weighted by Gasteiger charge is 2.42. The smallest absolute Gasteiger partial charge is 0.225 e. The Bertz CT molecular complexity index is 499. The molecule has 1 saturated carbocycles. The van der Waals surface area contributed by atoms with Crippen molar-refractivity contribution in [2.24, 2.45) is 0 Å². The second-order valence-corrected chi connectivity index (χ2v) is 7.28. The molecular formula is C9H12ClN3O2S2. The van der Waals surface area contributed by atoms with Crippen molar-refractivity contribution in [1.82, 2.24) is 14.7 Å². The summed E-state index contributed by atoms with van der Waals surface area (Å²) in [6.45, 7) is 0.444. The summed E-state index contributed by atoms with van der Waals surface area (Å²) < 4.78 is 26.4. The topological polar surface area (TPSA) is 72.0 Å². The van der Waals surface area contributed by atoms with Crippen LogP contribution < -0.4 is 4.72 Å². The van der Waals surface area contributed by atoms with Crippen molar-refractivity contribution >= 4 is 33.4 Å². The Kier molecular flexibility index (Phi) is 3.63. The molecule has 0 spiro atoms. The standard InChI is InChI=1S/C9H12ClN3O2S2/c1-16-9(2-3-9)6-13-17(14,15)7-4-11-8(10)12-5-7/h4-5,13H,2-3,6H2,1H3. The zero-order chi connectivity index (χ0) is 12.5. The Labute approximate surface area is 109 Å². The van der Waals surface area contributed by atoms with E-state index in [1.54, 1.807) is 11.8 Å².